The van der Waals surface area contributed by atoms with Crippen molar-refractivity contribution in [2.45, 2.75) is 12.3 Å². The van der Waals surface area contributed by atoms with Gasteiger partial charge >= 0.3 is 0 Å². The molecule has 1 atom stereocenters. The van der Waals surface area contributed by atoms with Crippen molar-refractivity contribution in [1.82, 2.24) is 0 Å². The molecule has 0 spiro atoms. The number of carbonyl (C=O) groups excluding carboxylic acids is 2. The molecule has 1 heterocycles. The van der Waals surface area contributed by atoms with E-state index in [0.717, 1.165) is 16.8 Å². The van der Waals surface area contributed by atoms with Crippen LogP contribution in [0.5, 0.6) is 0 Å². The van der Waals surface area contributed by atoms with Gasteiger partial charge in [-0.2, -0.15) is 0 Å². The second-order valence-corrected chi connectivity index (χ2v) is 8.30. The standard InChI is InChI=1S/C23H19ClN2O2S/c1-15-6-4-9-18(12-15)26-21(27)14-29-23(26)16-7-5-8-17(13-16)25-22(28)19-10-2-3-11-20(19)24/h2-13,23H,14H2,1H3,(H,25,28)/t23-/m1/s1. The van der Waals surface area contributed by atoms with E-state index in [1.165, 1.54) is 0 Å². The van der Waals surface area contributed by atoms with Gasteiger partial charge in [-0.3, -0.25) is 14.5 Å². The van der Waals surface area contributed by atoms with Gasteiger partial charge in [0.05, 0.1) is 16.3 Å². The van der Waals surface area contributed by atoms with Gasteiger partial charge in [-0.05, 0) is 54.4 Å². The van der Waals surface area contributed by atoms with Crippen molar-refractivity contribution in [3.8, 4) is 0 Å². The number of amides is 2. The third-order valence-corrected chi connectivity index (χ3v) is 6.24. The molecule has 0 radical (unpaired) electrons. The fourth-order valence-electron chi connectivity index (χ4n) is 3.34. The lowest BCUT2D eigenvalue weighted by Crippen LogP contribution is -2.27. The molecule has 6 heteroatoms. The summed E-state index contributed by atoms with van der Waals surface area (Å²) < 4.78 is 0. The summed E-state index contributed by atoms with van der Waals surface area (Å²) in [5.41, 5.74) is 4.03. The largest absolute Gasteiger partial charge is 0.322 e. The van der Waals surface area contributed by atoms with E-state index >= 15 is 0 Å². The topological polar surface area (TPSA) is 49.4 Å². The van der Waals surface area contributed by atoms with E-state index in [1.807, 2.05) is 60.4 Å². The quantitative estimate of drug-likeness (QED) is 0.588. The predicted octanol–water partition coefficient (Wildman–Crippen LogP) is 5.68. The molecule has 1 aliphatic heterocycles. The summed E-state index contributed by atoms with van der Waals surface area (Å²) in [4.78, 5) is 27.0. The Labute approximate surface area is 178 Å². The molecule has 146 valence electrons. The molecular formula is C23H19ClN2O2S. The Morgan fingerprint density at radius 2 is 1.86 bits per heavy atom. The van der Waals surface area contributed by atoms with Crippen LogP contribution in [0.15, 0.2) is 72.8 Å². The van der Waals surface area contributed by atoms with E-state index < -0.39 is 0 Å². The molecule has 0 bridgehead atoms. The predicted molar refractivity (Wildman–Crippen MR) is 120 cm³/mol. The molecule has 3 aromatic rings. The lowest BCUT2D eigenvalue weighted by molar-refractivity contribution is -0.115. The minimum Gasteiger partial charge on any atom is -0.322 e. The second kappa shape index (κ2) is 8.31. The number of anilines is 2. The van der Waals surface area contributed by atoms with Crippen molar-refractivity contribution in [2.24, 2.45) is 0 Å². The van der Waals surface area contributed by atoms with Gasteiger partial charge in [0.1, 0.15) is 5.37 Å². The molecule has 0 aromatic heterocycles. The number of carbonyl (C=O) groups is 2. The van der Waals surface area contributed by atoms with Gasteiger partial charge in [-0.15, -0.1) is 11.8 Å². The number of aryl methyl sites for hydroxylation is 1. The molecule has 29 heavy (non-hydrogen) atoms. The van der Waals surface area contributed by atoms with Gasteiger partial charge in [-0.25, -0.2) is 0 Å². The Morgan fingerprint density at radius 1 is 1.07 bits per heavy atom. The molecule has 1 saturated heterocycles. The number of thioether (sulfide) groups is 1. The fraction of sp³-hybridized carbons (Fsp3) is 0.130. The highest BCUT2D eigenvalue weighted by atomic mass is 35.5. The number of benzene rings is 3. The van der Waals surface area contributed by atoms with Gasteiger partial charge in [0.15, 0.2) is 0 Å². The first-order chi connectivity index (χ1) is 14.0. The maximum absolute atomic E-state index is 12.6. The lowest BCUT2D eigenvalue weighted by atomic mass is 10.1. The molecule has 3 aromatic carbocycles. The number of halogens is 1. The van der Waals surface area contributed by atoms with E-state index in [4.69, 9.17) is 11.6 Å². The second-order valence-electron chi connectivity index (χ2n) is 6.83. The van der Waals surface area contributed by atoms with Crippen LogP contribution in [0, 0.1) is 6.92 Å². The average Bonchev–Trinajstić information content (AvgIpc) is 3.10. The fourth-order valence-corrected chi connectivity index (χ4v) is 4.73. The Balaban J connectivity index is 1.60. The van der Waals surface area contributed by atoms with Crippen LogP contribution in [0.1, 0.15) is 26.9 Å². The van der Waals surface area contributed by atoms with Crippen LogP contribution >= 0.6 is 23.4 Å². The van der Waals surface area contributed by atoms with E-state index in [-0.39, 0.29) is 17.2 Å². The summed E-state index contributed by atoms with van der Waals surface area (Å²) in [5, 5.41) is 3.17. The highest BCUT2D eigenvalue weighted by Crippen LogP contribution is 2.42. The van der Waals surface area contributed by atoms with E-state index in [9.17, 15) is 9.59 Å². The molecule has 0 saturated carbocycles. The molecule has 0 aliphatic carbocycles. The van der Waals surface area contributed by atoms with Gasteiger partial charge in [0.2, 0.25) is 5.91 Å². The van der Waals surface area contributed by atoms with Crippen molar-refractivity contribution in [2.75, 3.05) is 16.0 Å². The number of nitrogens with one attached hydrogen (secondary N) is 1. The van der Waals surface area contributed by atoms with Gasteiger partial charge in [0, 0.05) is 11.4 Å². The van der Waals surface area contributed by atoms with Crippen LogP contribution < -0.4 is 10.2 Å². The molecule has 1 fully saturated rings. The number of nitrogens with zero attached hydrogens (tertiary/aromatic N) is 1. The lowest BCUT2D eigenvalue weighted by Gasteiger charge is -2.25. The monoisotopic (exact) mass is 422 g/mol. The normalized spacial score (nSPS) is 16.1. The number of hydrogen-bond acceptors (Lipinski definition) is 3. The Hall–Kier alpha value is -2.76. The Kier molecular flexibility index (Phi) is 5.60. The van der Waals surface area contributed by atoms with Crippen molar-refractivity contribution in [3.05, 3.63) is 94.5 Å². The Morgan fingerprint density at radius 3 is 2.66 bits per heavy atom. The number of hydrogen-bond donors (Lipinski definition) is 1. The first kappa shape index (κ1) is 19.6. The SMILES string of the molecule is Cc1cccc(N2C(=O)CS[C@@H]2c2cccc(NC(=O)c3ccccc3Cl)c2)c1. The first-order valence-electron chi connectivity index (χ1n) is 9.19. The molecule has 0 unspecified atom stereocenters. The van der Waals surface area contributed by atoms with Crippen LogP contribution in [-0.4, -0.2) is 17.6 Å². The summed E-state index contributed by atoms with van der Waals surface area (Å²) >= 11 is 7.71. The highest BCUT2D eigenvalue weighted by Gasteiger charge is 2.34. The average molecular weight is 423 g/mol. The van der Waals surface area contributed by atoms with E-state index in [2.05, 4.69) is 5.32 Å². The van der Waals surface area contributed by atoms with Crippen LogP contribution in [0.25, 0.3) is 0 Å². The summed E-state index contributed by atoms with van der Waals surface area (Å²) in [6.45, 7) is 2.01. The third kappa shape index (κ3) is 4.16. The molecule has 1 N–H and O–H groups in total. The summed E-state index contributed by atoms with van der Waals surface area (Å²) in [5.74, 6) is 0.240. The zero-order valence-electron chi connectivity index (χ0n) is 15.8. The van der Waals surface area contributed by atoms with Crippen molar-refractivity contribution in [3.63, 3.8) is 0 Å². The maximum atomic E-state index is 12.6. The maximum Gasteiger partial charge on any atom is 0.257 e. The molecular weight excluding hydrogens is 404 g/mol. The molecule has 2 amide bonds. The molecule has 1 aliphatic rings. The Bertz CT molecular complexity index is 1090. The minimum atomic E-state index is -0.265. The van der Waals surface area contributed by atoms with E-state index in [1.54, 1.807) is 36.0 Å². The molecule has 4 rings (SSSR count). The summed E-state index contributed by atoms with van der Waals surface area (Å²) in [6, 6.07) is 22.5. The van der Waals surface area contributed by atoms with Crippen LogP contribution in [-0.2, 0) is 4.79 Å². The highest BCUT2D eigenvalue weighted by molar-refractivity contribution is 8.00. The minimum absolute atomic E-state index is 0.0797. The molecule has 4 nitrogen and oxygen atoms in total. The van der Waals surface area contributed by atoms with Crippen molar-refractivity contribution < 1.29 is 9.59 Å². The van der Waals surface area contributed by atoms with Crippen molar-refractivity contribution in [1.29, 1.82) is 0 Å². The van der Waals surface area contributed by atoms with E-state index in [0.29, 0.717) is 22.0 Å². The van der Waals surface area contributed by atoms with Crippen LogP contribution in [0.3, 0.4) is 0 Å². The van der Waals surface area contributed by atoms with Gasteiger partial charge < -0.3 is 5.32 Å². The zero-order valence-corrected chi connectivity index (χ0v) is 17.3. The first-order valence-corrected chi connectivity index (χ1v) is 10.6. The third-order valence-electron chi connectivity index (χ3n) is 4.70. The van der Waals surface area contributed by atoms with Gasteiger partial charge in [0.25, 0.3) is 5.91 Å². The summed E-state index contributed by atoms with van der Waals surface area (Å²) in [7, 11) is 0. The van der Waals surface area contributed by atoms with Crippen LogP contribution in [0.2, 0.25) is 5.02 Å². The van der Waals surface area contributed by atoms with Gasteiger partial charge in [-0.1, -0.05) is 48.0 Å². The number of rotatable bonds is 4. The van der Waals surface area contributed by atoms with Crippen molar-refractivity contribution >= 4 is 46.6 Å². The smallest absolute Gasteiger partial charge is 0.257 e. The summed E-state index contributed by atoms with van der Waals surface area (Å²) in [6.07, 6.45) is 0. The van der Waals surface area contributed by atoms with Crippen LogP contribution in [0.4, 0.5) is 11.4 Å². The zero-order chi connectivity index (χ0) is 20.4.